The maximum Gasteiger partial charge on any atom is 0.244 e. The molecule has 5 heteroatoms. The molecule has 0 aliphatic carbocycles. The van der Waals surface area contributed by atoms with E-state index in [0.29, 0.717) is 12.6 Å². The summed E-state index contributed by atoms with van der Waals surface area (Å²) >= 11 is 0. The molecular weight excluding hydrogens is 300 g/mol. The summed E-state index contributed by atoms with van der Waals surface area (Å²) in [5.74, 6) is 0.133. The molecule has 1 fully saturated rings. The number of piperidine rings is 1. The van der Waals surface area contributed by atoms with E-state index in [4.69, 9.17) is 0 Å². The highest BCUT2D eigenvalue weighted by atomic mass is 16.2. The molecule has 0 radical (unpaired) electrons. The number of aromatic nitrogens is 2. The van der Waals surface area contributed by atoms with Gasteiger partial charge in [0.25, 0.3) is 0 Å². The van der Waals surface area contributed by atoms with Gasteiger partial charge in [-0.3, -0.25) is 9.48 Å². The maximum absolute atomic E-state index is 12.4. The minimum atomic E-state index is 0.133. The maximum atomic E-state index is 12.4. The molecule has 1 atom stereocenters. The minimum absolute atomic E-state index is 0.133. The molecule has 0 spiro atoms. The van der Waals surface area contributed by atoms with Crippen LogP contribution in [0.15, 0.2) is 48.8 Å². The standard InChI is InChI=1S/C19H26N4O/c1-21(19(24)16-23-13-6-11-20-23)18-9-5-12-22(15-18)14-10-17-7-3-2-4-8-17/h2-4,6-8,11,13,18H,5,9-10,12,14-16H2,1H3. The van der Waals surface area contributed by atoms with Crippen molar-refractivity contribution < 1.29 is 4.79 Å². The van der Waals surface area contributed by atoms with Crippen LogP contribution in [0.25, 0.3) is 0 Å². The Hall–Kier alpha value is -2.14. The van der Waals surface area contributed by atoms with E-state index in [0.717, 1.165) is 38.9 Å². The fourth-order valence-corrected chi connectivity index (χ4v) is 3.33. The fraction of sp³-hybridized carbons (Fsp3) is 0.474. The van der Waals surface area contributed by atoms with Gasteiger partial charge in [0.1, 0.15) is 6.54 Å². The van der Waals surface area contributed by atoms with Crippen molar-refractivity contribution in [1.82, 2.24) is 19.6 Å². The Morgan fingerprint density at radius 3 is 2.88 bits per heavy atom. The number of carbonyl (C=O) groups is 1. The van der Waals surface area contributed by atoms with Crippen LogP contribution in [-0.2, 0) is 17.8 Å². The lowest BCUT2D eigenvalue weighted by Gasteiger charge is -2.37. The van der Waals surface area contributed by atoms with Crippen molar-refractivity contribution in [2.45, 2.75) is 31.8 Å². The number of rotatable bonds is 6. The summed E-state index contributed by atoms with van der Waals surface area (Å²) in [6.07, 6.45) is 6.85. The molecule has 0 bridgehead atoms. The first-order valence-electron chi connectivity index (χ1n) is 8.72. The van der Waals surface area contributed by atoms with Crippen LogP contribution in [0.3, 0.4) is 0 Å². The quantitative estimate of drug-likeness (QED) is 0.816. The summed E-state index contributed by atoms with van der Waals surface area (Å²) in [5.41, 5.74) is 1.38. The van der Waals surface area contributed by atoms with Crippen LogP contribution in [0.1, 0.15) is 18.4 Å². The number of nitrogens with zero attached hydrogens (tertiary/aromatic N) is 4. The highest BCUT2D eigenvalue weighted by Gasteiger charge is 2.25. The SMILES string of the molecule is CN(C(=O)Cn1cccn1)C1CCCN(CCc2ccccc2)C1. The smallest absolute Gasteiger partial charge is 0.244 e. The highest BCUT2D eigenvalue weighted by molar-refractivity contribution is 5.76. The van der Waals surface area contributed by atoms with Crippen LogP contribution in [0.2, 0.25) is 0 Å². The molecule has 5 nitrogen and oxygen atoms in total. The summed E-state index contributed by atoms with van der Waals surface area (Å²) in [6.45, 7) is 3.48. The number of hydrogen-bond acceptors (Lipinski definition) is 3. The average Bonchev–Trinajstić information content (AvgIpc) is 3.13. The van der Waals surface area contributed by atoms with Crippen molar-refractivity contribution in [1.29, 1.82) is 0 Å². The van der Waals surface area contributed by atoms with Gasteiger partial charge in [-0.2, -0.15) is 5.10 Å². The predicted molar refractivity (Wildman–Crippen MR) is 94.6 cm³/mol. The van der Waals surface area contributed by atoms with Gasteiger partial charge in [-0.1, -0.05) is 30.3 Å². The van der Waals surface area contributed by atoms with Crippen LogP contribution in [0, 0.1) is 0 Å². The van der Waals surface area contributed by atoms with Crippen LogP contribution < -0.4 is 0 Å². The third kappa shape index (κ3) is 4.45. The summed E-state index contributed by atoms with van der Waals surface area (Å²) in [5, 5.41) is 4.12. The molecular formula is C19H26N4O. The highest BCUT2D eigenvalue weighted by Crippen LogP contribution is 2.16. The van der Waals surface area contributed by atoms with Gasteiger partial charge in [0.15, 0.2) is 0 Å². The number of hydrogen-bond donors (Lipinski definition) is 0. The van der Waals surface area contributed by atoms with Crippen LogP contribution in [0.4, 0.5) is 0 Å². The second kappa shape index (κ2) is 8.11. The first-order valence-corrected chi connectivity index (χ1v) is 8.72. The van der Waals surface area contributed by atoms with Crippen LogP contribution in [0.5, 0.6) is 0 Å². The van der Waals surface area contributed by atoms with Crippen molar-refractivity contribution in [2.75, 3.05) is 26.7 Å². The largest absolute Gasteiger partial charge is 0.340 e. The third-order valence-corrected chi connectivity index (χ3v) is 4.84. The Kier molecular flexibility index (Phi) is 5.64. The molecule has 1 amide bonds. The van der Waals surface area contributed by atoms with Gasteiger partial charge < -0.3 is 9.80 Å². The first-order chi connectivity index (χ1) is 11.7. The summed E-state index contributed by atoms with van der Waals surface area (Å²) in [7, 11) is 1.93. The van der Waals surface area contributed by atoms with E-state index >= 15 is 0 Å². The molecule has 0 N–H and O–H groups in total. The lowest BCUT2D eigenvalue weighted by Crippen LogP contribution is -2.49. The van der Waals surface area contributed by atoms with Crippen LogP contribution in [-0.4, -0.2) is 58.2 Å². The lowest BCUT2D eigenvalue weighted by atomic mass is 10.0. The molecule has 1 unspecified atom stereocenters. The predicted octanol–water partition coefficient (Wildman–Crippen LogP) is 2.05. The van der Waals surface area contributed by atoms with E-state index in [1.54, 1.807) is 10.9 Å². The Morgan fingerprint density at radius 2 is 2.12 bits per heavy atom. The Balaban J connectivity index is 1.50. The summed E-state index contributed by atoms with van der Waals surface area (Å²) in [4.78, 5) is 16.8. The molecule has 3 rings (SSSR count). The lowest BCUT2D eigenvalue weighted by molar-refractivity contribution is -0.133. The first kappa shape index (κ1) is 16.7. The molecule has 128 valence electrons. The third-order valence-electron chi connectivity index (χ3n) is 4.84. The number of carbonyl (C=O) groups excluding carboxylic acids is 1. The molecule has 1 saturated heterocycles. The monoisotopic (exact) mass is 326 g/mol. The summed E-state index contributed by atoms with van der Waals surface area (Å²) in [6, 6.07) is 12.8. The summed E-state index contributed by atoms with van der Waals surface area (Å²) < 4.78 is 1.69. The number of likely N-dealkylation sites (N-methyl/N-ethyl adjacent to an activating group) is 1. The van der Waals surface area contributed by atoms with E-state index in [9.17, 15) is 4.79 Å². The Labute approximate surface area is 143 Å². The number of amides is 1. The van der Waals surface area contributed by atoms with Crippen molar-refractivity contribution in [2.24, 2.45) is 0 Å². The zero-order valence-electron chi connectivity index (χ0n) is 14.3. The topological polar surface area (TPSA) is 41.4 Å². The van der Waals surface area contributed by atoms with E-state index in [2.05, 4.69) is 40.3 Å². The van der Waals surface area contributed by atoms with Crippen LogP contribution >= 0.6 is 0 Å². The normalized spacial score (nSPS) is 18.5. The van der Waals surface area contributed by atoms with Gasteiger partial charge in [0.05, 0.1) is 0 Å². The van der Waals surface area contributed by atoms with Gasteiger partial charge >= 0.3 is 0 Å². The fourth-order valence-electron chi connectivity index (χ4n) is 3.33. The molecule has 1 aliphatic heterocycles. The molecule has 1 aliphatic rings. The van der Waals surface area contributed by atoms with E-state index < -0.39 is 0 Å². The van der Waals surface area contributed by atoms with E-state index in [-0.39, 0.29) is 5.91 Å². The van der Waals surface area contributed by atoms with Crippen molar-refractivity contribution in [3.63, 3.8) is 0 Å². The van der Waals surface area contributed by atoms with Crippen molar-refractivity contribution in [3.8, 4) is 0 Å². The van der Waals surface area contributed by atoms with Crippen molar-refractivity contribution in [3.05, 3.63) is 54.4 Å². The zero-order valence-corrected chi connectivity index (χ0v) is 14.3. The second-order valence-corrected chi connectivity index (χ2v) is 6.54. The number of likely N-dealkylation sites (tertiary alicyclic amines) is 1. The van der Waals surface area contributed by atoms with E-state index in [1.807, 2.05) is 24.2 Å². The van der Waals surface area contributed by atoms with Crippen molar-refractivity contribution >= 4 is 5.91 Å². The van der Waals surface area contributed by atoms with E-state index in [1.165, 1.54) is 5.56 Å². The molecule has 2 aromatic rings. The second-order valence-electron chi connectivity index (χ2n) is 6.54. The molecule has 1 aromatic carbocycles. The molecule has 1 aromatic heterocycles. The molecule has 0 saturated carbocycles. The van der Waals surface area contributed by atoms with Gasteiger partial charge in [-0.25, -0.2) is 0 Å². The molecule has 2 heterocycles. The zero-order chi connectivity index (χ0) is 16.8. The van der Waals surface area contributed by atoms with Gasteiger partial charge in [-0.15, -0.1) is 0 Å². The van der Waals surface area contributed by atoms with Gasteiger partial charge in [-0.05, 0) is 37.4 Å². The van der Waals surface area contributed by atoms with Gasteiger partial charge in [0, 0.05) is 38.6 Å². The number of benzene rings is 1. The Morgan fingerprint density at radius 1 is 1.29 bits per heavy atom. The minimum Gasteiger partial charge on any atom is -0.340 e. The molecule has 24 heavy (non-hydrogen) atoms. The average molecular weight is 326 g/mol. The Bertz CT molecular complexity index is 626. The van der Waals surface area contributed by atoms with Gasteiger partial charge in [0.2, 0.25) is 5.91 Å².